The molecule has 0 amide bonds. The van der Waals surface area contributed by atoms with Crippen molar-refractivity contribution in [3.63, 3.8) is 0 Å². The molecule has 0 heterocycles. The van der Waals surface area contributed by atoms with E-state index < -0.39 is 0 Å². The molecule has 0 spiro atoms. The zero-order chi connectivity index (χ0) is 15.0. The summed E-state index contributed by atoms with van der Waals surface area (Å²) in [7, 11) is 1.39. The first-order chi connectivity index (χ1) is 9.62. The molecule has 20 heavy (non-hydrogen) atoms. The summed E-state index contributed by atoms with van der Waals surface area (Å²) in [6.45, 7) is 6.34. The molecule has 0 saturated carbocycles. The van der Waals surface area contributed by atoms with Crippen LogP contribution in [0.4, 0.5) is 0 Å². The summed E-state index contributed by atoms with van der Waals surface area (Å²) in [4.78, 5) is 13.9. The summed E-state index contributed by atoms with van der Waals surface area (Å²) >= 11 is 1.76. The predicted octanol–water partition coefficient (Wildman–Crippen LogP) is 5.27. The summed E-state index contributed by atoms with van der Waals surface area (Å²) in [5.74, 6) is -0.301. The highest BCUT2D eigenvalue weighted by Crippen LogP contribution is 2.33. The van der Waals surface area contributed by atoms with E-state index in [0.29, 0.717) is 5.56 Å². The second-order valence-electron chi connectivity index (χ2n) is 4.43. The number of hydrogen-bond acceptors (Lipinski definition) is 3. The van der Waals surface area contributed by atoms with Gasteiger partial charge in [0.15, 0.2) is 0 Å². The molecule has 0 atom stereocenters. The minimum atomic E-state index is -0.301. The van der Waals surface area contributed by atoms with E-state index in [4.69, 9.17) is 4.74 Å². The van der Waals surface area contributed by atoms with Crippen LogP contribution in [-0.2, 0) is 4.74 Å². The third-order valence-electron chi connectivity index (χ3n) is 2.84. The van der Waals surface area contributed by atoms with Gasteiger partial charge in [-0.15, -0.1) is 0 Å². The van der Waals surface area contributed by atoms with Crippen LogP contribution in [0.3, 0.4) is 0 Å². The smallest absolute Gasteiger partial charge is 0.337 e. The average molecular weight is 290 g/mol. The van der Waals surface area contributed by atoms with Crippen LogP contribution in [0.1, 0.15) is 49.5 Å². The number of carbonyl (C=O) groups excluding carboxylic acids is 1. The van der Waals surface area contributed by atoms with Crippen LogP contribution in [0, 0.1) is 0 Å². The largest absolute Gasteiger partial charge is 0.465 e. The van der Waals surface area contributed by atoms with Crippen LogP contribution in [0.2, 0.25) is 0 Å². The lowest BCUT2D eigenvalue weighted by atomic mass is 10.1. The molecule has 108 valence electrons. The zero-order valence-corrected chi connectivity index (χ0v) is 13.4. The molecule has 0 radical (unpaired) electrons. The van der Waals surface area contributed by atoms with Gasteiger partial charge >= 0.3 is 5.97 Å². The highest BCUT2D eigenvalue weighted by Gasteiger charge is 2.07. The molecule has 1 aromatic carbocycles. The van der Waals surface area contributed by atoms with Crippen molar-refractivity contribution >= 4 is 22.6 Å². The lowest BCUT2D eigenvalue weighted by molar-refractivity contribution is 0.0601. The third kappa shape index (κ3) is 4.89. The molecule has 0 unspecified atom stereocenters. The Hall–Kier alpha value is -1.48. The van der Waals surface area contributed by atoms with Gasteiger partial charge in [-0.1, -0.05) is 49.4 Å². The Balaban J connectivity index is 2.84. The maximum absolute atomic E-state index is 11.4. The first-order valence-corrected chi connectivity index (χ1v) is 7.63. The van der Waals surface area contributed by atoms with Crippen LogP contribution < -0.4 is 0 Å². The summed E-state index contributed by atoms with van der Waals surface area (Å²) in [6, 6.07) is 7.52. The maximum atomic E-state index is 11.4. The second kappa shape index (κ2) is 8.64. The summed E-state index contributed by atoms with van der Waals surface area (Å²) in [6.07, 6.45) is 6.63. The number of carbonyl (C=O) groups is 1. The molecular formula is C17H22O2S. The fourth-order valence-corrected chi connectivity index (χ4v) is 2.66. The van der Waals surface area contributed by atoms with E-state index in [1.54, 1.807) is 23.9 Å². The number of thioether (sulfide) groups is 1. The number of methoxy groups -OCH3 is 1. The van der Waals surface area contributed by atoms with Crippen molar-refractivity contribution in [2.45, 2.75) is 33.6 Å². The SMILES string of the molecule is C/C=C(\S/C(C)=C/CCC)c1ccc(C(=O)OC)cc1. The van der Waals surface area contributed by atoms with Gasteiger partial charge < -0.3 is 4.74 Å². The summed E-state index contributed by atoms with van der Waals surface area (Å²) in [5.41, 5.74) is 1.70. The molecule has 0 aromatic heterocycles. The zero-order valence-electron chi connectivity index (χ0n) is 12.6. The molecule has 1 aromatic rings. The molecule has 2 nitrogen and oxygen atoms in total. The molecule has 1 rings (SSSR count). The number of ether oxygens (including phenoxy) is 1. The van der Waals surface area contributed by atoms with E-state index in [2.05, 4.69) is 26.0 Å². The molecule has 3 heteroatoms. The molecule has 0 fully saturated rings. The van der Waals surface area contributed by atoms with Crippen molar-refractivity contribution in [2.24, 2.45) is 0 Å². The van der Waals surface area contributed by atoms with Crippen molar-refractivity contribution in [2.75, 3.05) is 7.11 Å². The molecular weight excluding hydrogens is 268 g/mol. The average Bonchev–Trinajstić information content (AvgIpc) is 2.50. The quantitative estimate of drug-likeness (QED) is 0.667. The maximum Gasteiger partial charge on any atom is 0.337 e. The van der Waals surface area contributed by atoms with Gasteiger partial charge in [0.05, 0.1) is 12.7 Å². The number of allylic oxidation sites excluding steroid dienone is 3. The molecule has 0 N–H and O–H groups in total. The fraction of sp³-hybridized carbons (Fsp3) is 0.353. The van der Waals surface area contributed by atoms with Crippen molar-refractivity contribution in [3.05, 3.63) is 52.4 Å². The third-order valence-corrected chi connectivity index (χ3v) is 4.02. The van der Waals surface area contributed by atoms with Gasteiger partial charge in [-0.2, -0.15) is 0 Å². The first kappa shape index (κ1) is 16.6. The van der Waals surface area contributed by atoms with Crippen molar-refractivity contribution in [3.8, 4) is 0 Å². The Bertz CT molecular complexity index is 498. The van der Waals surface area contributed by atoms with E-state index in [0.717, 1.165) is 18.4 Å². The molecule has 0 bridgehead atoms. The topological polar surface area (TPSA) is 26.3 Å². The number of rotatable bonds is 6. The van der Waals surface area contributed by atoms with E-state index >= 15 is 0 Å². The predicted molar refractivity (Wildman–Crippen MR) is 87.7 cm³/mol. The Morgan fingerprint density at radius 2 is 1.85 bits per heavy atom. The standard InChI is InChI=1S/C17H22O2S/c1-5-7-8-13(3)20-16(6-2)14-9-11-15(12-10-14)17(18)19-4/h6,8-12H,5,7H2,1-4H3/b13-8+,16-6-. The van der Waals surface area contributed by atoms with Crippen molar-refractivity contribution in [1.82, 2.24) is 0 Å². The van der Waals surface area contributed by atoms with Gasteiger partial charge in [0.2, 0.25) is 0 Å². The Morgan fingerprint density at radius 3 is 2.35 bits per heavy atom. The van der Waals surface area contributed by atoms with Crippen LogP contribution in [0.15, 0.2) is 41.3 Å². The first-order valence-electron chi connectivity index (χ1n) is 6.82. The monoisotopic (exact) mass is 290 g/mol. The van der Waals surface area contributed by atoms with Gasteiger partial charge in [-0.25, -0.2) is 4.79 Å². The van der Waals surface area contributed by atoms with Gasteiger partial charge in [0.25, 0.3) is 0 Å². The van der Waals surface area contributed by atoms with Crippen LogP contribution in [0.5, 0.6) is 0 Å². The minimum Gasteiger partial charge on any atom is -0.465 e. The molecule has 0 aliphatic carbocycles. The van der Waals surface area contributed by atoms with Gasteiger partial charge in [0, 0.05) is 4.91 Å². The summed E-state index contributed by atoms with van der Waals surface area (Å²) < 4.78 is 4.70. The molecule has 0 saturated heterocycles. The van der Waals surface area contributed by atoms with E-state index in [-0.39, 0.29) is 5.97 Å². The Morgan fingerprint density at radius 1 is 1.25 bits per heavy atom. The van der Waals surface area contributed by atoms with E-state index in [1.165, 1.54) is 16.9 Å². The fourth-order valence-electron chi connectivity index (χ4n) is 1.74. The van der Waals surface area contributed by atoms with E-state index in [1.807, 2.05) is 19.1 Å². The van der Waals surface area contributed by atoms with E-state index in [9.17, 15) is 4.79 Å². The number of esters is 1. The summed E-state index contributed by atoms with van der Waals surface area (Å²) in [5, 5.41) is 0. The Labute approximate surface area is 125 Å². The number of hydrogen-bond donors (Lipinski definition) is 0. The van der Waals surface area contributed by atoms with Crippen molar-refractivity contribution < 1.29 is 9.53 Å². The minimum absolute atomic E-state index is 0.301. The highest BCUT2D eigenvalue weighted by atomic mass is 32.2. The van der Waals surface area contributed by atoms with Gasteiger partial charge in [0.1, 0.15) is 0 Å². The number of unbranched alkanes of at least 4 members (excludes halogenated alkanes) is 1. The van der Waals surface area contributed by atoms with Gasteiger partial charge in [-0.05, 0) is 42.9 Å². The second-order valence-corrected chi connectivity index (χ2v) is 5.72. The highest BCUT2D eigenvalue weighted by molar-refractivity contribution is 8.11. The molecule has 0 aliphatic rings. The van der Waals surface area contributed by atoms with Gasteiger partial charge in [-0.3, -0.25) is 0 Å². The molecule has 0 aliphatic heterocycles. The van der Waals surface area contributed by atoms with Crippen LogP contribution in [0.25, 0.3) is 4.91 Å². The Kier molecular flexibility index (Phi) is 7.16. The van der Waals surface area contributed by atoms with Crippen molar-refractivity contribution in [1.29, 1.82) is 0 Å². The van der Waals surface area contributed by atoms with Crippen LogP contribution >= 0.6 is 11.8 Å². The van der Waals surface area contributed by atoms with Crippen LogP contribution in [-0.4, -0.2) is 13.1 Å². The number of benzene rings is 1. The lowest BCUT2D eigenvalue weighted by Crippen LogP contribution is -2.00. The normalized spacial score (nSPS) is 12.4. The lowest BCUT2D eigenvalue weighted by Gasteiger charge is -2.08.